The third kappa shape index (κ3) is 4.36. The number of fused-ring (bicyclic) bond motifs is 1. The molecule has 1 aliphatic rings. The highest BCUT2D eigenvalue weighted by atomic mass is 19.1. The minimum absolute atomic E-state index is 0.293. The first-order valence-electron chi connectivity index (χ1n) is 11.7. The van der Waals surface area contributed by atoms with Crippen LogP contribution in [-0.4, -0.2) is 27.4 Å². The fourth-order valence-electron chi connectivity index (χ4n) is 4.52. The molecule has 0 saturated carbocycles. The van der Waals surface area contributed by atoms with Crippen LogP contribution in [-0.2, 0) is 24.3 Å². The number of hydrogen-bond acceptors (Lipinski definition) is 4. The summed E-state index contributed by atoms with van der Waals surface area (Å²) in [4.78, 5) is 14.6. The minimum Gasteiger partial charge on any atom is -0.375 e. The molecule has 35 heavy (non-hydrogen) atoms. The molecule has 1 atom stereocenters. The van der Waals surface area contributed by atoms with Crippen LogP contribution in [0.2, 0.25) is 0 Å². The first kappa shape index (κ1) is 23.0. The molecule has 1 amide bonds. The maximum absolute atomic E-state index is 13.7. The van der Waals surface area contributed by atoms with Crippen molar-refractivity contribution in [3.05, 3.63) is 107 Å². The van der Waals surface area contributed by atoms with Gasteiger partial charge in [-0.1, -0.05) is 55.5 Å². The lowest BCUT2D eigenvalue weighted by atomic mass is 10.0. The van der Waals surface area contributed by atoms with Gasteiger partial charge in [0.05, 0.1) is 25.5 Å². The predicted octanol–water partition coefficient (Wildman–Crippen LogP) is 5.12. The molecule has 1 aliphatic heterocycles. The predicted molar refractivity (Wildman–Crippen MR) is 131 cm³/mol. The molecule has 2 heterocycles. The number of aliphatic hydroxyl groups excluding tert-OH is 1. The first-order valence-corrected chi connectivity index (χ1v) is 11.7. The van der Waals surface area contributed by atoms with Crippen molar-refractivity contribution < 1.29 is 19.0 Å². The van der Waals surface area contributed by atoms with E-state index in [1.54, 1.807) is 41.1 Å². The third-order valence-corrected chi connectivity index (χ3v) is 6.22. The summed E-state index contributed by atoms with van der Waals surface area (Å²) < 4.78 is 21.3. The Morgan fingerprint density at radius 2 is 1.71 bits per heavy atom. The van der Waals surface area contributed by atoms with Crippen LogP contribution in [0, 0.1) is 5.82 Å². The van der Waals surface area contributed by atoms with Crippen LogP contribution in [0.15, 0.2) is 78.9 Å². The lowest BCUT2D eigenvalue weighted by Crippen LogP contribution is -2.29. The molecule has 5 rings (SSSR count). The van der Waals surface area contributed by atoms with Crippen molar-refractivity contribution in [3.8, 4) is 11.3 Å². The van der Waals surface area contributed by atoms with Gasteiger partial charge in [-0.2, -0.15) is 5.10 Å². The summed E-state index contributed by atoms with van der Waals surface area (Å²) in [5.41, 5.74) is 4.46. The van der Waals surface area contributed by atoms with E-state index in [0.717, 1.165) is 22.4 Å². The van der Waals surface area contributed by atoms with E-state index in [-0.39, 0.29) is 11.7 Å². The molecule has 4 aromatic rings. The number of ether oxygens (including phenoxy) is 1. The molecule has 0 bridgehead atoms. The molecule has 0 radical (unpaired) electrons. The molecule has 1 aromatic heterocycles. The zero-order valence-electron chi connectivity index (χ0n) is 19.4. The molecule has 0 fully saturated rings. The molecule has 1 unspecified atom stereocenters. The van der Waals surface area contributed by atoms with Gasteiger partial charge in [-0.25, -0.2) is 4.39 Å². The van der Waals surface area contributed by atoms with Gasteiger partial charge in [-0.05, 0) is 42.3 Å². The Balaban J connectivity index is 1.49. The van der Waals surface area contributed by atoms with Gasteiger partial charge < -0.3 is 9.84 Å². The van der Waals surface area contributed by atoms with Crippen molar-refractivity contribution in [2.45, 2.75) is 32.7 Å². The first-order chi connectivity index (χ1) is 17.1. The summed E-state index contributed by atoms with van der Waals surface area (Å²) in [5, 5.41) is 15.8. The Morgan fingerprint density at radius 1 is 1.00 bits per heavy atom. The molecule has 178 valence electrons. The quantitative estimate of drug-likeness (QED) is 0.362. The molecular weight excluding hydrogens is 445 g/mol. The molecule has 0 aliphatic carbocycles. The zero-order chi connectivity index (χ0) is 24.4. The highest BCUT2D eigenvalue weighted by Crippen LogP contribution is 2.40. The average molecular weight is 472 g/mol. The van der Waals surface area contributed by atoms with E-state index < -0.39 is 6.23 Å². The number of aliphatic hydroxyl groups is 1. The Bertz CT molecular complexity index is 1340. The highest BCUT2D eigenvalue weighted by molar-refractivity contribution is 6.10. The number of hydrogen-bond donors (Lipinski definition) is 1. The highest BCUT2D eigenvalue weighted by Gasteiger charge is 2.39. The number of anilines is 1. The number of amides is 1. The van der Waals surface area contributed by atoms with Gasteiger partial charge >= 0.3 is 0 Å². The summed E-state index contributed by atoms with van der Waals surface area (Å²) in [5.74, 6) is -0.216. The van der Waals surface area contributed by atoms with Crippen molar-refractivity contribution in [3.63, 3.8) is 0 Å². The van der Waals surface area contributed by atoms with Gasteiger partial charge in [-0.15, -0.1) is 0 Å². The van der Waals surface area contributed by atoms with E-state index in [9.17, 15) is 14.3 Å². The number of halogens is 1. The van der Waals surface area contributed by atoms with E-state index in [2.05, 4.69) is 0 Å². The Labute approximate surface area is 203 Å². The number of benzene rings is 3. The maximum Gasteiger partial charge on any atom is 0.262 e. The normalized spacial score (nSPS) is 15.0. The van der Waals surface area contributed by atoms with E-state index >= 15 is 0 Å². The van der Waals surface area contributed by atoms with Crippen LogP contribution >= 0.6 is 0 Å². The lowest BCUT2D eigenvalue weighted by Gasteiger charge is -2.19. The van der Waals surface area contributed by atoms with E-state index in [1.165, 1.54) is 17.0 Å². The second-order valence-electron chi connectivity index (χ2n) is 8.41. The number of carbonyl (C=O) groups excluding carboxylic acids is 1. The Kier molecular flexibility index (Phi) is 6.44. The van der Waals surface area contributed by atoms with E-state index in [1.807, 2.05) is 37.3 Å². The van der Waals surface area contributed by atoms with Crippen LogP contribution in [0.1, 0.15) is 40.2 Å². The second kappa shape index (κ2) is 9.82. The molecule has 3 aromatic carbocycles. The number of nitrogens with zero attached hydrogens (tertiary/aromatic N) is 3. The topological polar surface area (TPSA) is 67.6 Å². The molecule has 1 N–H and O–H groups in total. The number of carbonyl (C=O) groups is 1. The Morgan fingerprint density at radius 3 is 2.43 bits per heavy atom. The van der Waals surface area contributed by atoms with E-state index in [0.29, 0.717) is 43.1 Å². The van der Waals surface area contributed by atoms with Crippen molar-refractivity contribution in [2.24, 2.45) is 0 Å². The summed E-state index contributed by atoms with van der Waals surface area (Å²) in [6, 6.07) is 23.2. The zero-order valence-corrected chi connectivity index (χ0v) is 19.4. The van der Waals surface area contributed by atoms with Crippen molar-refractivity contribution in [1.29, 1.82) is 0 Å². The van der Waals surface area contributed by atoms with Crippen molar-refractivity contribution in [2.75, 3.05) is 11.5 Å². The van der Waals surface area contributed by atoms with Gasteiger partial charge in [0, 0.05) is 22.3 Å². The Hall–Kier alpha value is -3.81. The maximum atomic E-state index is 13.7. The van der Waals surface area contributed by atoms with E-state index in [4.69, 9.17) is 9.84 Å². The molecular formula is C28H26FN3O3. The lowest BCUT2D eigenvalue weighted by molar-refractivity contribution is 0.0932. The van der Waals surface area contributed by atoms with Gasteiger partial charge in [0.15, 0.2) is 12.0 Å². The molecule has 6 nitrogen and oxygen atoms in total. The average Bonchev–Trinajstić information content (AvgIpc) is 3.37. The van der Waals surface area contributed by atoms with Gasteiger partial charge in [-0.3, -0.25) is 14.4 Å². The second-order valence-corrected chi connectivity index (χ2v) is 8.41. The van der Waals surface area contributed by atoms with Crippen LogP contribution in [0.25, 0.3) is 11.3 Å². The minimum atomic E-state index is -1.12. The largest absolute Gasteiger partial charge is 0.375 e. The summed E-state index contributed by atoms with van der Waals surface area (Å²) >= 11 is 0. The van der Waals surface area contributed by atoms with Crippen LogP contribution < -0.4 is 4.90 Å². The van der Waals surface area contributed by atoms with Gasteiger partial charge in [0.25, 0.3) is 5.91 Å². The SMILES string of the molecule is CCc1c(N2C(=O)c3ccccc3C2O)nn(CCOCc2ccccc2)c1-c1ccc(F)cc1. The number of rotatable bonds is 8. The van der Waals surface area contributed by atoms with Crippen LogP contribution in [0.3, 0.4) is 0 Å². The standard InChI is InChI=1S/C28H26FN3O3/c1-2-22-25(20-12-14-21(29)15-13-20)31(16-17-35-18-19-8-4-3-5-9-19)30-26(22)32-27(33)23-10-6-7-11-24(23)28(32)34/h3-15,27,33H,2,16-18H2,1H3. The molecule has 0 saturated heterocycles. The molecule has 0 spiro atoms. The van der Waals surface area contributed by atoms with Crippen LogP contribution in [0.4, 0.5) is 10.2 Å². The molecule has 7 heteroatoms. The van der Waals surface area contributed by atoms with Crippen LogP contribution in [0.5, 0.6) is 0 Å². The smallest absolute Gasteiger partial charge is 0.262 e. The van der Waals surface area contributed by atoms with Gasteiger partial charge in [0.1, 0.15) is 5.82 Å². The summed E-state index contributed by atoms with van der Waals surface area (Å²) in [6.45, 7) is 3.27. The summed E-state index contributed by atoms with van der Waals surface area (Å²) in [6.07, 6.45) is -0.553. The fraction of sp³-hybridized carbons (Fsp3) is 0.214. The van der Waals surface area contributed by atoms with Gasteiger partial charge in [0.2, 0.25) is 0 Å². The monoisotopic (exact) mass is 471 g/mol. The summed E-state index contributed by atoms with van der Waals surface area (Å²) in [7, 11) is 0. The number of aromatic nitrogens is 2. The fourth-order valence-corrected chi connectivity index (χ4v) is 4.52. The van der Waals surface area contributed by atoms with Crippen molar-refractivity contribution >= 4 is 11.7 Å². The van der Waals surface area contributed by atoms with Crippen molar-refractivity contribution in [1.82, 2.24) is 9.78 Å². The third-order valence-electron chi connectivity index (χ3n) is 6.22.